The average Bonchev–Trinajstić information content (AvgIpc) is 2.24. The molecule has 1 unspecified atom stereocenters. The molecule has 2 N–H and O–H groups in total. The van der Waals surface area contributed by atoms with Crippen LogP contribution in [0.3, 0.4) is 0 Å². The molecule has 0 bridgehead atoms. The zero-order valence-electron chi connectivity index (χ0n) is 9.96. The quantitative estimate of drug-likeness (QED) is 0.729. The first kappa shape index (κ1) is 13.1. The molecule has 0 fully saturated rings. The van der Waals surface area contributed by atoms with Gasteiger partial charge < -0.3 is 10.4 Å². The second-order valence-electron chi connectivity index (χ2n) is 4.28. The third kappa shape index (κ3) is 3.91. The van der Waals surface area contributed by atoms with E-state index in [1.54, 1.807) is 19.1 Å². The summed E-state index contributed by atoms with van der Waals surface area (Å²) in [6, 6.07) is 6.15. The fourth-order valence-electron chi connectivity index (χ4n) is 1.60. The monoisotopic (exact) mass is 225 g/mol. The van der Waals surface area contributed by atoms with Gasteiger partial charge >= 0.3 is 0 Å². The standard InChI is InChI=1S/C13H20FNO/c1-3-8-15-9-7-13(2,16)11-5-4-6-12(14)10-11/h4-6,10,15-16H,3,7-9H2,1-2H3. The summed E-state index contributed by atoms with van der Waals surface area (Å²) in [4.78, 5) is 0. The molecule has 1 aromatic rings. The Kier molecular flexibility index (Phi) is 4.90. The van der Waals surface area contributed by atoms with Gasteiger partial charge in [0.2, 0.25) is 0 Å². The van der Waals surface area contributed by atoms with Gasteiger partial charge in [0.1, 0.15) is 5.82 Å². The highest BCUT2D eigenvalue weighted by Gasteiger charge is 2.22. The molecule has 3 heteroatoms. The van der Waals surface area contributed by atoms with E-state index in [9.17, 15) is 9.50 Å². The molecule has 0 heterocycles. The van der Waals surface area contributed by atoms with E-state index in [-0.39, 0.29) is 5.82 Å². The maximum Gasteiger partial charge on any atom is 0.123 e. The van der Waals surface area contributed by atoms with Crippen LogP contribution in [0.25, 0.3) is 0 Å². The lowest BCUT2D eigenvalue weighted by atomic mass is 9.92. The Morgan fingerprint density at radius 2 is 2.12 bits per heavy atom. The molecule has 0 aliphatic rings. The summed E-state index contributed by atoms with van der Waals surface area (Å²) in [7, 11) is 0. The van der Waals surface area contributed by atoms with Crippen molar-refractivity contribution in [1.82, 2.24) is 5.32 Å². The molecule has 0 saturated heterocycles. The Morgan fingerprint density at radius 3 is 2.75 bits per heavy atom. The zero-order chi connectivity index (χ0) is 12.0. The van der Waals surface area contributed by atoms with Gasteiger partial charge in [-0.1, -0.05) is 19.1 Å². The lowest BCUT2D eigenvalue weighted by Crippen LogP contribution is -2.28. The normalized spacial score (nSPS) is 14.8. The first-order chi connectivity index (χ1) is 7.56. The van der Waals surface area contributed by atoms with Gasteiger partial charge in [-0.05, 0) is 50.6 Å². The first-order valence-corrected chi connectivity index (χ1v) is 5.75. The van der Waals surface area contributed by atoms with Crippen molar-refractivity contribution >= 4 is 0 Å². The van der Waals surface area contributed by atoms with Crippen LogP contribution in [0, 0.1) is 5.82 Å². The molecule has 0 saturated carbocycles. The molecule has 0 aliphatic heterocycles. The molecular weight excluding hydrogens is 205 g/mol. The number of rotatable bonds is 6. The van der Waals surface area contributed by atoms with E-state index in [2.05, 4.69) is 12.2 Å². The van der Waals surface area contributed by atoms with E-state index in [1.807, 2.05) is 0 Å². The number of nitrogens with one attached hydrogen (secondary N) is 1. The number of hydrogen-bond acceptors (Lipinski definition) is 2. The highest BCUT2D eigenvalue weighted by atomic mass is 19.1. The molecule has 0 radical (unpaired) electrons. The van der Waals surface area contributed by atoms with Gasteiger partial charge in [-0.2, -0.15) is 0 Å². The largest absolute Gasteiger partial charge is 0.385 e. The van der Waals surface area contributed by atoms with Gasteiger partial charge in [-0.15, -0.1) is 0 Å². The van der Waals surface area contributed by atoms with Crippen molar-refractivity contribution < 1.29 is 9.50 Å². The van der Waals surface area contributed by atoms with E-state index >= 15 is 0 Å². The number of aliphatic hydroxyl groups is 1. The van der Waals surface area contributed by atoms with Gasteiger partial charge in [-0.3, -0.25) is 0 Å². The molecule has 0 spiro atoms. The average molecular weight is 225 g/mol. The summed E-state index contributed by atoms with van der Waals surface area (Å²) >= 11 is 0. The number of halogens is 1. The Labute approximate surface area is 96.5 Å². The third-order valence-corrected chi connectivity index (χ3v) is 2.66. The van der Waals surface area contributed by atoms with Crippen molar-refractivity contribution in [3.05, 3.63) is 35.6 Å². The predicted molar refractivity (Wildman–Crippen MR) is 63.7 cm³/mol. The van der Waals surface area contributed by atoms with Crippen molar-refractivity contribution in [2.24, 2.45) is 0 Å². The van der Waals surface area contributed by atoms with Crippen molar-refractivity contribution in [1.29, 1.82) is 0 Å². The maximum atomic E-state index is 13.0. The Hall–Kier alpha value is -0.930. The SMILES string of the molecule is CCCNCCC(C)(O)c1cccc(F)c1. The van der Waals surface area contributed by atoms with Gasteiger partial charge in [-0.25, -0.2) is 4.39 Å². The number of benzene rings is 1. The summed E-state index contributed by atoms with van der Waals surface area (Å²) in [5.41, 5.74) is -0.339. The molecule has 2 nitrogen and oxygen atoms in total. The smallest absolute Gasteiger partial charge is 0.123 e. The summed E-state index contributed by atoms with van der Waals surface area (Å²) < 4.78 is 13.0. The van der Waals surface area contributed by atoms with Gasteiger partial charge in [0.05, 0.1) is 5.60 Å². The van der Waals surface area contributed by atoms with Crippen molar-refractivity contribution in [2.75, 3.05) is 13.1 Å². The molecule has 0 amide bonds. The van der Waals surface area contributed by atoms with E-state index in [4.69, 9.17) is 0 Å². The Bertz CT molecular complexity index is 325. The van der Waals surface area contributed by atoms with Crippen LogP contribution in [0.5, 0.6) is 0 Å². The predicted octanol–water partition coefficient (Wildman–Crippen LogP) is 2.42. The van der Waals surface area contributed by atoms with Crippen LogP contribution in [0.4, 0.5) is 4.39 Å². The van der Waals surface area contributed by atoms with Crippen molar-refractivity contribution in [3.8, 4) is 0 Å². The van der Waals surface area contributed by atoms with Gasteiger partial charge in [0.15, 0.2) is 0 Å². The molecule has 0 aliphatic carbocycles. The van der Waals surface area contributed by atoms with Crippen LogP contribution in [-0.2, 0) is 5.60 Å². The minimum atomic E-state index is -0.969. The molecule has 90 valence electrons. The zero-order valence-corrected chi connectivity index (χ0v) is 9.96. The van der Waals surface area contributed by atoms with E-state index in [0.29, 0.717) is 12.0 Å². The van der Waals surface area contributed by atoms with Crippen LogP contribution in [0.15, 0.2) is 24.3 Å². The molecule has 1 rings (SSSR count). The van der Waals surface area contributed by atoms with E-state index in [0.717, 1.165) is 19.5 Å². The third-order valence-electron chi connectivity index (χ3n) is 2.66. The molecule has 16 heavy (non-hydrogen) atoms. The topological polar surface area (TPSA) is 32.3 Å². The molecule has 1 atom stereocenters. The maximum absolute atomic E-state index is 13.0. The minimum Gasteiger partial charge on any atom is -0.385 e. The molecule has 0 aromatic heterocycles. The minimum absolute atomic E-state index is 0.306. The fourth-order valence-corrected chi connectivity index (χ4v) is 1.60. The van der Waals surface area contributed by atoms with E-state index < -0.39 is 5.60 Å². The summed E-state index contributed by atoms with van der Waals surface area (Å²) in [6.07, 6.45) is 1.65. The van der Waals surface area contributed by atoms with Crippen LogP contribution in [0.1, 0.15) is 32.3 Å². The first-order valence-electron chi connectivity index (χ1n) is 5.75. The Balaban J connectivity index is 2.55. The van der Waals surface area contributed by atoms with Crippen molar-refractivity contribution in [3.63, 3.8) is 0 Å². The van der Waals surface area contributed by atoms with Gasteiger partial charge in [0, 0.05) is 0 Å². The second kappa shape index (κ2) is 5.97. The summed E-state index contributed by atoms with van der Waals surface area (Å²) in [5, 5.41) is 13.4. The van der Waals surface area contributed by atoms with Crippen molar-refractivity contribution in [2.45, 2.75) is 32.3 Å². The highest BCUT2D eigenvalue weighted by molar-refractivity contribution is 5.22. The lowest BCUT2D eigenvalue weighted by molar-refractivity contribution is 0.0477. The summed E-state index contributed by atoms with van der Waals surface area (Å²) in [5.74, 6) is -0.306. The van der Waals surface area contributed by atoms with Crippen LogP contribution in [0.2, 0.25) is 0 Å². The Morgan fingerprint density at radius 1 is 1.38 bits per heavy atom. The molecular formula is C13H20FNO. The highest BCUT2D eigenvalue weighted by Crippen LogP contribution is 2.24. The summed E-state index contributed by atoms with van der Waals surface area (Å²) in [6.45, 7) is 5.49. The molecule has 1 aromatic carbocycles. The fraction of sp³-hybridized carbons (Fsp3) is 0.538. The van der Waals surface area contributed by atoms with Crippen LogP contribution < -0.4 is 5.32 Å². The van der Waals surface area contributed by atoms with Gasteiger partial charge in [0.25, 0.3) is 0 Å². The van der Waals surface area contributed by atoms with E-state index in [1.165, 1.54) is 12.1 Å². The lowest BCUT2D eigenvalue weighted by Gasteiger charge is -2.24. The van der Waals surface area contributed by atoms with Crippen LogP contribution >= 0.6 is 0 Å². The number of hydrogen-bond donors (Lipinski definition) is 2. The van der Waals surface area contributed by atoms with Crippen LogP contribution in [-0.4, -0.2) is 18.2 Å². The second-order valence-corrected chi connectivity index (χ2v) is 4.28.